The van der Waals surface area contributed by atoms with Gasteiger partial charge in [0.25, 0.3) is 0 Å². The second-order valence-corrected chi connectivity index (χ2v) is 18.5. The van der Waals surface area contributed by atoms with Crippen LogP contribution in [0.5, 0.6) is 0 Å². The summed E-state index contributed by atoms with van der Waals surface area (Å²) < 4.78 is 0. The molecule has 13 heteroatoms. The first-order valence-corrected chi connectivity index (χ1v) is 26.9. The Labute approximate surface area is 505 Å². The van der Waals surface area contributed by atoms with Crippen LogP contribution in [0.3, 0.4) is 0 Å². The molecule has 0 N–H and O–H groups in total. The second kappa shape index (κ2) is 31.7. The van der Waals surface area contributed by atoms with Crippen LogP contribution in [0, 0.1) is 0 Å². The molecule has 0 aliphatic heterocycles. The summed E-state index contributed by atoms with van der Waals surface area (Å²) in [7, 11) is 0. The van der Waals surface area contributed by atoms with E-state index in [1.807, 2.05) is 183 Å². The zero-order chi connectivity index (χ0) is 57.1. The molecule has 12 heterocycles. The van der Waals surface area contributed by atoms with Crippen molar-refractivity contribution in [1.29, 1.82) is 0 Å². The minimum absolute atomic E-state index is 0. The minimum atomic E-state index is 0. The van der Waals surface area contributed by atoms with Gasteiger partial charge >= 0.3 is 17.1 Å². The van der Waals surface area contributed by atoms with Gasteiger partial charge in [-0.2, -0.15) is 0 Å². The zero-order valence-electron chi connectivity index (χ0n) is 45.9. The molecule has 12 aromatic heterocycles. The van der Waals surface area contributed by atoms with Crippen molar-refractivity contribution in [2.45, 2.75) is 0 Å². The van der Waals surface area contributed by atoms with Crippen molar-refractivity contribution in [2.75, 3.05) is 0 Å². The summed E-state index contributed by atoms with van der Waals surface area (Å²) in [5.41, 5.74) is 18.1. The number of nitrogens with zero attached hydrogens (tertiary/aromatic N) is 12. The normalized spacial score (nSPS) is 11.2. The van der Waals surface area contributed by atoms with Gasteiger partial charge in [0.05, 0.1) is 34.2 Å². The molecule has 0 aliphatic carbocycles. The molecule has 0 unspecified atom stereocenters. The Kier molecular flexibility index (Phi) is 21.8. The summed E-state index contributed by atoms with van der Waals surface area (Å²) in [6, 6.07) is 47.8. The summed E-state index contributed by atoms with van der Waals surface area (Å²) in [6.07, 6.45) is 57.0. The van der Waals surface area contributed by atoms with Crippen molar-refractivity contribution in [3.05, 3.63) is 324 Å². The van der Waals surface area contributed by atoms with Gasteiger partial charge < -0.3 is 0 Å². The van der Waals surface area contributed by atoms with Gasteiger partial charge in [0.1, 0.15) is 0 Å². The Morgan fingerprint density at radius 2 is 0.271 bits per heavy atom. The zero-order valence-corrected chi connectivity index (χ0v) is 47.0. The molecule has 12 rings (SSSR count). The van der Waals surface area contributed by atoms with Gasteiger partial charge in [-0.1, -0.05) is 72.9 Å². The van der Waals surface area contributed by atoms with Gasteiger partial charge in [-0.3, -0.25) is 59.8 Å². The summed E-state index contributed by atoms with van der Waals surface area (Å²) in [4.78, 5) is 51.1. The van der Waals surface area contributed by atoms with E-state index >= 15 is 0 Å². The molecule has 0 spiro atoms. The fourth-order valence-corrected chi connectivity index (χ4v) is 8.15. The number of hydrogen-bond donors (Lipinski definition) is 0. The molecule has 12 nitrogen and oxygen atoms in total. The van der Waals surface area contributed by atoms with Crippen LogP contribution in [-0.4, -0.2) is 59.8 Å². The molecule has 0 atom stereocenters. The second-order valence-electron chi connectivity index (χ2n) is 18.5. The maximum absolute atomic E-state index is 4.49. The van der Waals surface area contributed by atoms with Gasteiger partial charge in [-0.05, 0) is 212 Å². The van der Waals surface area contributed by atoms with Gasteiger partial charge in [-0.15, -0.1) is 0 Å². The van der Waals surface area contributed by atoms with Crippen LogP contribution < -0.4 is 0 Å². The molecule has 407 valence electrons. The summed E-state index contributed by atoms with van der Waals surface area (Å²) in [5.74, 6) is 0. The first-order chi connectivity index (χ1) is 41.6. The van der Waals surface area contributed by atoms with Crippen molar-refractivity contribution in [3.8, 4) is 34.2 Å². The summed E-state index contributed by atoms with van der Waals surface area (Å²) in [5, 5.41) is 0. The van der Waals surface area contributed by atoms with Gasteiger partial charge in [0.15, 0.2) is 0 Å². The van der Waals surface area contributed by atoms with Crippen LogP contribution >= 0.6 is 0 Å². The molecule has 12 aromatic rings. The smallest absolute Gasteiger partial charge is 0.265 e. The van der Waals surface area contributed by atoms with E-state index in [2.05, 4.69) is 133 Å². The van der Waals surface area contributed by atoms with Crippen molar-refractivity contribution in [1.82, 2.24) is 59.8 Å². The van der Waals surface area contributed by atoms with E-state index in [9.17, 15) is 0 Å². The molecule has 0 bridgehead atoms. The average molecular weight is 1140 g/mol. The van der Waals surface area contributed by atoms with Crippen LogP contribution in [0.25, 0.3) is 107 Å². The predicted molar refractivity (Wildman–Crippen MR) is 341 cm³/mol. The Morgan fingerprint density at radius 3 is 0.412 bits per heavy atom. The molecule has 0 aliphatic rings. The van der Waals surface area contributed by atoms with Crippen LogP contribution in [0.4, 0.5) is 0 Å². The molecule has 1 radical (unpaired) electrons. The monoisotopic (exact) mass is 1140 g/mol. The van der Waals surface area contributed by atoms with E-state index in [0.717, 1.165) is 101 Å². The molecule has 0 saturated heterocycles. The summed E-state index contributed by atoms with van der Waals surface area (Å²) in [6.45, 7) is 0. The van der Waals surface area contributed by atoms with Gasteiger partial charge in [-0.25, -0.2) is 0 Å². The van der Waals surface area contributed by atoms with Crippen molar-refractivity contribution >= 4 is 72.9 Å². The standard InChI is InChI=1S/3C24H18N4.Fe/c3*1(19-5-11-25-12-6-19)3-21-9-15-27-23(17-21)24-18-22(10-16-28-24)4-2-20-7-13-26-14-8-20;/h3*1-18H;/q;;;+3. The van der Waals surface area contributed by atoms with Gasteiger partial charge in [0.2, 0.25) is 0 Å². The summed E-state index contributed by atoms with van der Waals surface area (Å²) >= 11 is 0. The van der Waals surface area contributed by atoms with Crippen molar-refractivity contribution in [3.63, 3.8) is 0 Å². The van der Waals surface area contributed by atoms with Gasteiger partial charge in [0, 0.05) is 112 Å². The first kappa shape index (κ1) is 58.4. The van der Waals surface area contributed by atoms with Crippen LogP contribution in [0.2, 0.25) is 0 Å². The van der Waals surface area contributed by atoms with E-state index in [1.54, 1.807) is 74.4 Å². The van der Waals surface area contributed by atoms with E-state index in [4.69, 9.17) is 0 Å². The molecule has 0 amide bonds. The van der Waals surface area contributed by atoms with E-state index < -0.39 is 0 Å². The number of aromatic nitrogens is 12. The fraction of sp³-hybridized carbons (Fsp3) is 0. The topological polar surface area (TPSA) is 155 Å². The average Bonchev–Trinajstić information content (AvgIpc) is 3.69. The van der Waals surface area contributed by atoms with E-state index in [-0.39, 0.29) is 17.1 Å². The SMILES string of the molecule is C(=Cc1ccnc(-c2cc(C=Cc3ccncc3)ccn2)c1)c1ccncc1.C(=Cc1ccnc(-c2cc(C=Cc3ccncc3)ccn2)c1)c1ccncc1.C(=Cc1ccnc(-c2cc(C=Cc3ccncc3)ccn2)c1)c1ccncc1.[Fe+3]. The molecule has 0 saturated carbocycles. The number of hydrogen-bond acceptors (Lipinski definition) is 12. The number of rotatable bonds is 15. The quantitative estimate of drug-likeness (QED) is 0.0897. The molecule has 0 fully saturated rings. The molecular formula is C72H54FeN12+3. The van der Waals surface area contributed by atoms with Crippen LogP contribution in [0.1, 0.15) is 66.8 Å². The van der Waals surface area contributed by atoms with Crippen LogP contribution in [0.15, 0.2) is 257 Å². The largest absolute Gasteiger partial charge is 3.00 e. The fourth-order valence-electron chi connectivity index (χ4n) is 8.15. The molecule has 0 aromatic carbocycles. The third-order valence-electron chi connectivity index (χ3n) is 12.5. The third-order valence-corrected chi connectivity index (χ3v) is 12.5. The maximum atomic E-state index is 4.49. The Bertz CT molecular complexity index is 3480. The van der Waals surface area contributed by atoms with E-state index in [0.29, 0.717) is 0 Å². The molecule has 85 heavy (non-hydrogen) atoms. The number of pyridine rings is 12. The Balaban J connectivity index is 0.000000152. The maximum Gasteiger partial charge on any atom is 3.00 e. The van der Waals surface area contributed by atoms with E-state index in [1.165, 1.54) is 0 Å². The first-order valence-electron chi connectivity index (χ1n) is 26.9. The predicted octanol–water partition coefficient (Wildman–Crippen LogP) is 15.8. The van der Waals surface area contributed by atoms with Crippen LogP contribution in [-0.2, 0) is 17.1 Å². The third kappa shape index (κ3) is 18.9. The molecular weight excluding hydrogens is 1090 g/mol. The Morgan fingerprint density at radius 1 is 0.153 bits per heavy atom. The Hall–Kier alpha value is -11.2. The minimum Gasteiger partial charge on any atom is -0.265 e. The van der Waals surface area contributed by atoms with Crippen molar-refractivity contribution < 1.29 is 17.1 Å². The van der Waals surface area contributed by atoms with Crippen molar-refractivity contribution in [2.24, 2.45) is 0 Å².